The van der Waals surface area contributed by atoms with E-state index in [1.54, 1.807) is 13.2 Å². The second-order valence-electron chi connectivity index (χ2n) is 7.11. The van der Waals surface area contributed by atoms with Crippen LogP contribution in [0.25, 0.3) is 0 Å². The first kappa shape index (κ1) is 18.8. The van der Waals surface area contributed by atoms with Gasteiger partial charge < -0.3 is 20.1 Å². The lowest BCUT2D eigenvalue weighted by molar-refractivity contribution is 0.0696. The number of thiocarbonyl (C=S) groups is 1. The van der Waals surface area contributed by atoms with E-state index < -0.39 is 0 Å². The molecule has 0 saturated heterocycles. The van der Waals surface area contributed by atoms with Crippen LogP contribution in [0.1, 0.15) is 37.4 Å². The summed E-state index contributed by atoms with van der Waals surface area (Å²) in [6.07, 6.45) is 0.814. The normalized spacial score (nSPS) is 17.7. The number of benzene rings is 2. The van der Waals surface area contributed by atoms with Crippen LogP contribution < -0.4 is 20.1 Å². The first-order chi connectivity index (χ1) is 12.3. The quantitative estimate of drug-likeness (QED) is 0.701. The maximum absolute atomic E-state index is 6.18. The van der Waals surface area contributed by atoms with Crippen molar-refractivity contribution in [2.45, 2.75) is 38.8 Å². The van der Waals surface area contributed by atoms with Crippen molar-refractivity contribution < 1.29 is 9.47 Å². The predicted molar refractivity (Wildman–Crippen MR) is 111 cm³/mol. The molecule has 3 rings (SSSR count). The summed E-state index contributed by atoms with van der Waals surface area (Å²) < 4.78 is 11.3. The molecule has 0 bridgehead atoms. The number of fused-ring (bicyclic) bond motifs is 1. The predicted octanol–water partition coefficient (Wildman–Crippen LogP) is 5.25. The van der Waals surface area contributed by atoms with E-state index >= 15 is 0 Å². The van der Waals surface area contributed by atoms with E-state index in [0.717, 1.165) is 23.4 Å². The SMILES string of the molecule is COc1ccc(NC(=S)NC2CC(C)(C)Oc3cc(C)ccc32)cc1Cl. The molecule has 0 amide bonds. The molecule has 0 spiro atoms. The third kappa shape index (κ3) is 4.22. The molecular weight excluding hydrogens is 368 g/mol. The van der Waals surface area contributed by atoms with Gasteiger partial charge in [0.25, 0.3) is 0 Å². The average Bonchev–Trinajstić information content (AvgIpc) is 2.53. The van der Waals surface area contributed by atoms with Crippen molar-refractivity contribution in [2.24, 2.45) is 0 Å². The maximum atomic E-state index is 6.18. The Morgan fingerprint density at radius 2 is 2.04 bits per heavy atom. The van der Waals surface area contributed by atoms with Gasteiger partial charge in [-0.1, -0.05) is 23.7 Å². The van der Waals surface area contributed by atoms with Crippen molar-refractivity contribution >= 4 is 34.6 Å². The topological polar surface area (TPSA) is 42.5 Å². The van der Waals surface area contributed by atoms with Crippen molar-refractivity contribution in [3.05, 3.63) is 52.5 Å². The molecule has 2 N–H and O–H groups in total. The molecule has 138 valence electrons. The van der Waals surface area contributed by atoms with Gasteiger partial charge in [-0.2, -0.15) is 0 Å². The lowest BCUT2D eigenvalue weighted by Crippen LogP contribution is -2.42. The Hall–Kier alpha value is -1.98. The largest absolute Gasteiger partial charge is 0.495 e. The molecule has 1 atom stereocenters. The van der Waals surface area contributed by atoms with Crippen molar-refractivity contribution in [3.8, 4) is 11.5 Å². The summed E-state index contributed by atoms with van der Waals surface area (Å²) in [7, 11) is 1.59. The van der Waals surface area contributed by atoms with Gasteiger partial charge in [0.15, 0.2) is 5.11 Å². The second-order valence-corrected chi connectivity index (χ2v) is 7.92. The summed E-state index contributed by atoms with van der Waals surface area (Å²) in [5.41, 5.74) is 2.83. The van der Waals surface area contributed by atoms with Crippen molar-refractivity contribution in [2.75, 3.05) is 12.4 Å². The first-order valence-electron chi connectivity index (χ1n) is 8.48. The fraction of sp³-hybridized carbons (Fsp3) is 0.350. The van der Waals surface area contributed by atoms with Gasteiger partial charge in [0.1, 0.15) is 17.1 Å². The molecule has 0 aliphatic carbocycles. The summed E-state index contributed by atoms with van der Waals surface area (Å²) >= 11 is 11.7. The Kier molecular flexibility index (Phi) is 5.30. The third-order valence-corrected chi connectivity index (χ3v) is 4.86. The standard InChI is InChI=1S/C20H23ClN2O2S/c1-12-5-7-14-16(11-20(2,3)25-18(14)9-12)23-19(26)22-13-6-8-17(24-4)15(21)10-13/h5-10,16H,11H2,1-4H3,(H2,22,23,26). The number of aryl methyl sites for hydroxylation is 1. The highest BCUT2D eigenvalue weighted by Crippen LogP contribution is 2.40. The number of halogens is 1. The minimum absolute atomic E-state index is 0.0723. The molecule has 2 aromatic carbocycles. The molecular formula is C20H23ClN2O2S. The highest BCUT2D eigenvalue weighted by Gasteiger charge is 2.34. The zero-order valence-electron chi connectivity index (χ0n) is 15.4. The average molecular weight is 391 g/mol. The summed E-state index contributed by atoms with van der Waals surface area (Å²) in [4.78, 5) is 0. The Morgan fingerprint density at radius 1 is 1.27 bits per heavy atom. The van der Waals surface area contributed by atoms with Crippen LogP contribution in [0.4, 0.5) is 5.69 Å². The van der Waals surface area contributed by atoms with Crippen LogP contribution in [-0.2, 0) is 0 Å². The van der Waals surface area contributed by atoms with Crippen LogP contribution in [-0.4, -0.2) is 17.8 Å². The molecule has 0 aromatic heterocycles. The molecule has 6 heteroatoms. The van der Waals surface area contributed by atoms with Crippen molar-refractivity contribution in [1.82, 2.24) is 5.32 Å². The van der Waals surface area contributed by atoms with Crippen LogP contribution in [0.2, 0.25) is 5.02 Å². The van der Waals surface area contributed by atoms with E-state index in [4.69, 9.17) is 33.3 Å². The van der Waals surface area contributed by atoms with Gasteiger partial charge >= 0.3 is 0 Å². The number of rotatable bonds is 3. The number of methoxy groups -OCH3 is 1. The Bertz CT molecular complexity index is 839. The van der Waals surface area contributed by atoms with Gasteiger partial charge in [-0.3, -0.25) is 0 Å². The van der Waals surface area contributed by atoms with Crippen LogP contribution in [0, 0.1) is 6.92 Å². The second kappa shape index (κ2) is 7.33. The lowest BCUT2D eigenvalue weighted by Gasteiger charge is -2.38. The summed E-state index contributed by atoms with van der Waals surface area (Å²) in [6.45, 7) is 6.24. The molecule has 1 unspecified atom stereocenters. The molecule has 1 heterocycles. The molecule has 0 saturated carbocycles. The van der Waals surface area contributed by atoms with Crippen LogP contribution in [0.3, 0.4) is 0 Å². The summed E-state index contributed by atoms with van der Waals surface area (Å²) in [5.74, 6) is 1.54. The zero-order chi connectivity index (χ0) is 18.9. The number of hydrogen-bond acceptors (Lipinski definition) is 3. The van der Waals surface area contributed by atoms with Crippen LogP contribution in [0.15, 0.2) is 36.4 Å². The van der Waals surface area contributed by atoms with Crippen LogP contribution in [0.5, 0.6) is 11.5 Å². The van der Waals surface area contributed by atoms with Crippen LogP contribution >= 0.6 is 23.8 Å². The molecule has 4 nitrogen and oxygen atoms in total. The lowest BCUT2D eigenvalue weighted by atomic mass is 9.89. The van der Waals surface area contributed by atoms with Gasteiger partial charge in [-0.15, -0.1) is 0 Å². The van der Waals surface area contributed by atoms with Crippen molar-refractivity contribution in [1.29, 1.82) is 0 Å². The van der Waals surface area contributed by atoms with Gasteiger partial charge in [0, 0.05) is 17.7 Å². The Morgan fingerprint density at radius 3 is 2.73 bits per heavy atom. The zero-order valence-corrected chi connectivity index (χ0v) is 16.9. The summed E-state index contributed by atoms with van der Waals surface area (Å²) in [6, 6.07) is 11.8. The van der Waals surface area contributed by atoms with E-state index in [-0.39, 0.29) is 11.6 Å². The number of ether oxygens (including phenoxy) is 2. The summed E-state index contributed by atoms with van der Waals surface area (Å²) in [5, 5.41) is 7.68. The van der Waals surface area contributed by atoms with Gasteiger partial charge in [0.2, 0.25) is 0 Å². The first-order valence-corrected chi connectivity index (χ1v) is 9.27. The highest BCUT2D eigenvalue weighted by atomic mass is 35.5. The number of nitrogens with one attached hydrogen (secondary N) is 2. The van der Waals surface area contributed by atoms with E-state index in [2.05, 4.69) is 49.6 Å². The van der Waals surface area contributed by atoms with E-state index in [1.807, 2.05) is 12.1 Å². The minimum Gasteiger partial charge on any atom is -0.495 e. The fourth-order valence-corrected chi connectivity index (χ4v) is 3.67. The van der Waals surface area contributed by atoms with Gasteiger partial charge in [-0.25, -0.2) is 0 Å². The van der Waals surface area contributed by atoms with E-state index in [1.165, 1.54) is 5.56 Å². The monoisotopic (exact) mass is 390 g/mol. The third-order valence-electron chi connectivity index (χ3n) is 4.34. The van der Waals surface area contributed by atoms with E-state index in [9.17, 15) is 0 Å². The maximum Gasteiger partial charge on any atom is 0.171 e. The fourth-order valence-electron chi connectivity index (χ4n) is 3.16. The number of hydrogen-bond donors (Lipinski definition) is 2. The smallest absolute Gasteiger partial charge is 0.171 e. The Balaban J connectivity index is 1.76. The van der Waals surface area contributed by atoms with Gasteiger partial charge in [-0.05, 0) is 62.8 Å². The van der Waals surface area contributed by atoms with Gasteiger partial charge in [0.05, 0.1) is 18.2 Å². The highest BCUT2D eigenvalue weighted by molar-refractivity contribution is 7.80. The minimum atomic E-state index is -0.266. The Labute approximate surface area is 164 Å². The molecule has 26 heavy (non-hydrogen) atoms. The van der Waals surface area contributed by atoms with Crippen molar-refractivity contribution in [3.63, 3.8) is 0 Å². The number of anilines is 1. The molecule has 0 fully saturated rings. The molecule has 1 aliphatic rings. The molecule has 0 radical (unpaired) electrons. The molecule has 1 aliphatic heterocycles. The molecule has 2 aromatic rings. The van der Waals surface area contributed by atoms with E-state index in [0.29, 0.717) is 15.9 Å².